The third-order valence-corrected chi connectivity index (χ3v) is 7.72. The maximum Gasteiger partial charge on any atom is 0.406 e. The van der Waals surface area contributed by atoms with Crippen molar-refractivity contribution in [1.29, 1.82) is 0 Å². The van der Waals surface area contributed by atoms with Gasteiger partial charge in [-0.25, -0.2) is 9.59 Å². The van der Waals surface area contributed by atoms with Gasteiger partial charge in [0.1, 0.15) is 0 Å². The van der Waals surface area contributed by atoms with E-state index in [0.29, 0.717) is 37.8 Å². The minimum absolute atomic E-state index is 0.0575. The van der Waals surface area contributed by atoms with E-state index in [1.165, 1.54) is 13.5 Å². The monoisotopic (exact) mass is 538 g/mol. The summed E-state index contributed by atoms with van der Waals surface area (Å²) in [5.74, 6) is 0.280. The van der Waals surface area contributed by atoms with Crippen LogP contribution >= 0.6 is 11.6 Å². The van der Waals surface area contributed by atoms with Crippen molar-refractivity contribution in [3.8, 4) is 0 Å². The molecule has 0 radical (unpaired) electrons. The number of nitrogens with one attached hydrogen (secondary N) is 3. The number of rotatable bonds is 11. The van der Waals surface area contributed by atoms with E-state index >= 15 is 0 Å². The molecule has 1 saturated heterocycles. The summed E-state index contributed by atoms with van der Waals surface area (Å²) >= 11 is 6.28. The van der Waals surface area contributed by atoms with Gasteiger partial charge >= 0.3 is 12.1 Å². The molecule has 1 saturated carbocycles. The van der Waals surface area contributed by atoms with Crippen molar-refractivity contribution in [3.63, 3.8) is 0 Å². The fourth-order valence-electron chi connectivity index (χ4n) is 5.57. The Kier molecular flexibility index (Phi) is 12.2. The molecule has 4 atom stereocenters. The first kappa shape index (κ1) is 29.5. The third kappa shape index (κ3) is 9.02. The number of piperidine rings is 1. The lowest BCUT2D eigenvalue weighted by molar-refractivity contribution is -0.00938. The van der Waals surface area contributed by atoms with Gasteiger partial charge < -0.3 is 35.4 Å². The number of aliphatic hydroxyl groups is 1. The minimum Gasteiger partial charge on any atom is -0.453 e. The molecule has 4 N–H and O–H groups in total. The highest BCUT2D eigenvalue weighted by molar-refractivity contribution is 6.30. The van der Waals surface area contributed by atoms with E-state index in [4.69, 9.17) is 16.3 Å². The highest BCUT2D eigenvalue weighted by Gasteiger charge is 2.34. The molecule has 1 aromatic carbocycles. The number of nitrogens with zero attached hydrogens (tertiary/aromatic N) is 1. The normalized spacial score (nSPS) is 21.1. The summed E-state index contributed by atoms with van der Waals surface area (Å²) < 4.78 is 10.9. The van der Waals surface area contributed by atoms with Crippen molar-refractivity contribution < 1.29 is 24.2 Å². The Bertz CT molecular complexity index is 854. The molecule has 2 aliphatic rings. The fourth-order valence-corrected chi connectivity index (χ4v) is 5.77. The van der Waals surface area contributed by atoms with Gasteiger partial charge in [0.2, 0.25) is 0 Å². The molecule has 9 nitrogen and oxygen atoms in total. The number of ether oxygens (including phenoxy) is 2. The van der Waals surface area contributed by atoms with Crippen molar-refractivity contribution >= 4 is 23.7 Å². The fraction of sp³-hybridized carbons (Fsp3) is 0.704. The van der Waals surface area contributed by atoms with Crippen LogP contribution in [0.1, 0.15) is 56.6 Å². The Morgan fingerprint density at radius 1 is 1.16 bits per heavy atom. The number of likely N-dealkylation sites (N-methyl/N-ethyl adjacent to an activating group) is 1. The second-order valence-corrected chi connectivity index (χ2v) is 10.6. The Hall–Kier alpha value is -2.07. The highest BCUT2D eigenvalue weighted by Crippen LogP contribution is 2.34. The van der Waals surface area contributed by atoms with Gasteiger partial charge in [0.25, 0.3) is 0 Å². The average molecular weight is 539 g/mol. The zero-order valence-electron chi connectivity index (χ0n) is 22.1. The van der Waals surface area contributed by atoms with Gasteiger partial charge in [0.05, 0.1) is 32.0 Å². The maximum absolute atomic E-state index is 13.4. The van der Waals surface area contributed by atoms with Crippen molar-refractivity contribution in [2.24, 2.45) is 11.8 Å². The number of methoxy groups -OCH3 is 1. The molecule has 3 rings (SSSR count). The van der Waals surface area contributed by atoms with Gasteiger partial charge in [-0.2, -0.15) is 0 Å². The van der Waals surface area contributed by atoms with Crippen LogP contribution in [0.4, 0.5) is 9.59 Å². The van der Waals surface area contributed by atoms with Crippen molar-refractivity contribution in [2.45, 2.75) is 63.2 Å². The Morgan fingerprint density at radius 2 is 1.92 bits per heavy atom. The van der Waals surface area contributed by atoms with Crippen molar-refractivity contribution in [1.82, 2.24) is 20.9 Å². The summed E-state index contributed by atoms with van der Waals surface area (Å²) in [6, 6.07) is 7.08. The quantitative estimate of drug-likeness (QED) is 0.320. The van der Waals surface area contributed by atoms with E-state index in [2.05, 4.69) is 20.7 Å². The van der Waals surface area contributed by atoms with Gasteiger partial charge in [0.15, 0.2) is 0 Å². The van der Waals surface area contributed by atoms with E-state index in [-0.39, 0.29) is 30.0 Å². The molecule has 0 aromatic heterocycles. The number of alkyl carbamates (subject to hydrolysis) is 1. The summed E-state index contributed by atoms with van der Waals surface area (Å²) in [7, 11) is 3.16. The number of halogens is 1. The van der Waals surface area contributed by atoms with Crippen LogP contribution in [-0.2, 0) is 9.47 Å². The summed E-state index contributed by atoms with van der Waals surface area (Å²) in [6.45, 7) is 2.31. The Balaban J connectivity index is 1.65. The van der Waals surface area contributed by atoms with E-state index in [0.717, 1.165) is 44.1 Å². The van der Waals surface area contributed by atoms with Gasteiger partial charge in [-0.05, 0) is 56.3 Å². The molecule has 0 spiro atoms. The van der Waals surface area contributed by atoms with Gasteiger partial charge in [-0.3, -0.25) is 0 Å². The van der Waals surface area contributed by atoms with Crippen LogP contribution in [0.2, 0.25) is 5.02 Å². The number of carbonyl (C=O) groups excluding carboxylic acids is 2. The highest BCUT2D eigenvalue weighted by atomic mass is 35.5. The third-order valence-electron chi connectivity index (χ3n) is 7.48. The number of amides is 3. The SMILES string of the molecule is CNCC(NC(=O)N1CCCC(C(OCCNC(=O)OC)c2cccc(Cl)c2)C1)C(O)C1CCCCC1. The Labute approximate surface area is 225 Å². The lowest BCUT2D eigenvalue weighted by Gasteiger charge is -2.39. The summed E-state index contributed by atoms with van der Waals surface area (Å²) in [6.07, 6.45) is 5.89. The molecule has 1 aliphatic heterocycles. The maximum atomic E-state index is 13.4. The zero-order valence-corrected chi connectivity index (χ0v) is 22.8. The molecular formula is C27H43ClN4O5. The molecule has 1 heterocycles. The molecule has 4 unspecified atom stereocenters. The molecule has 208 valence electrons. The van der Waals surface area contributed by atoms with E-state index in [1.54, 1.807) is 0 Å². The average Bonchev–Trinajstić information content (AvgIpc) is 2.92. The lowest BCUT2D eigenvalue weighted by atomic mass is 9.82. The van der Waals surface area contributed by atoms with Gasteiger partial charge in [-0.15, -0.1) is 0 Å². The molecule has 3 amide bonds. The number of hydrogen-bond donors (Lipinski definition) is 4. The van der Waals surface area contributed by atoms with E-state index < -0.39 is 12.2 Å². The van der Waals surface area contributed by atoms with Crippen LogP contribution in [-0.4, -0.2) is 81.2 Å². The molecule has 0 bridgehead atoms. The minimum atomic E-state index is -0.567. The van der Waals surface area contributed by atoms with E-state index in [9.17, 15) is 14.7 Å². The number of likely N-dealkylation sites (tertiary alicyclic amines) is 1. The molecule has 10 heteroatoms. The predicted octanol–water partition coefficient (Wildman–Crippen LogP) is 3.70. The van der Waals surface area contributed by atoms with Crippen LogP contribution in [0, 0.1) is 11.8 Å². The molecule has 1 aromatic rings. The molecule has 37 heavy (non-hydrogen) atoms. The number of benzene rings is 1. The summed E-state index contributed by atoms with van der Waals surface area (Å²) in [5, 5.41) is 20.6. The van der Waals surface area contributed by atoms with Gasteiger partial charge in [-0.1, -0.05) is 43.0 Å². The Morgan fingerprint density at radius 3 is 2.62 bits per heavy atom. The van der Waals surface area contributed by atoms with Gasteiger partial charge in [0, 0.05) is 37.1 Å². The zero-order chi connectivity index (χ0) is 26.6. The molecule has 1 aliphatic carbocycles. The second kappa shape index (κ2) is 15.4. The first-order chi connectivity index (χ1) is 17.9. The van der Waals surface area contributed by atoms with Crippen LogP contribution in [0.15, 0.2) is 24.3 Å². The largest absolute Gasteiger partial charge is 0.453 e. The molecular weight excluding hydrogens is 496 g/mol. The topological polar surface area (TPSA) is 112 Å². The summed E-state index contributed by atoms with van der Waals surface area (Å²) in [5.41, 5.74) is 0.943. The number of urea groups is 1. The number of carbonyl (C=O) groups is 2. The second-order valence-electron chi connectivity index (χ2n) is 10.1. The first-order valence-electron chi connectivity index (χ1n) is 13.5. The van der Waals surface area contributed by atoms with Crippen LogP contribution in [0.25, 0.3) is 0 Å². The standard InChI is InChI=1S/C27H43ClN4O5/c1-29-17-23(24(33)19-8-4-3-5-9-19)31-26(34)32-14-7-11-21(18-32)25(20-10-6-12-22(28)16-20)37-15-13-30-27(35)36-2/h6,10,12,16,19,21,23-25,29,33H,3-5,7-9,11,13-15,17-18H2,1-2H3,(H,30,35)(H,31,34). The lowest BCUT2D eigenvalue weighted by Crippen LogP contribution is -2.56. The van der Waals surface area contributed by atoms with Crippen molar-refractivity contribution in [3.05, 3.63) is 34.9 Å². The van der Waals surface area contributed by atoms with Crippen LogP contribution in [0.3, 0.4) is 0 Å². The first-order valence-corrected chi connectivity index (χ1v) is 13.9. The van der Waals surface area contributed by atoms with Crippen LogP contribution in [0.5, 0.6) is 0 Å². The number of aliphatic hydroxyl groups excluding tert-OH is 1. The van der Waals surface area contributed by atoms with Crippen molar-refractivity contribution in [2.75, 3.05) is 46.9 Å². The number of hydrogen-bond acceptors (Lipinski definition) is 6. The predicted molar refractivity (Wildman–Crippen MR) is 144 cm³/mol. The summed E-state index contributed by atoms with van der Waals surface area (Å²) in [4.78, 5) is 26.6. The molecule has 2 fully saturated rings. The smallest absolute Gasteiger partial charge is 0.406 e. The van der Waals surface area contributed by atoms with Crippen LogP contribution < -0.4 is 16.0 Å². The van der Waals surface area contributed by atoms with E-state index in [1.807, 2.05) is 36.2 Å².